The highest BCUT2D eigenvalue weighted by atomic mass is 16.2. The van der Waals surface area contributed by atoms with E-state index in [-0.39, 0.29) is 43.5 Å². The number of aryl methyl sites for hydroxylation is 1. The van der Waals surface area contributed by atoms with Crippen molar-refractivity contribution in [2.45, 2.75) is 32.7 Å². The SMILES string of the molecule is Cc1ccc(CNC(=O)CCN2C(=O)CCC2=O)cc1. The van der Waals surface area contributed by atoms with Crippen molar-refractivity contribution in [3.63, 3.8) is 0 Å². The standard InChI is InChI=1S/C15H18N2O3/c1-11-2-4-12(5-3-11)10-16-13(18)8-9-17-14(19)6-7-15(17)20/h2-5H,6-10H2,1H3,(H,16,18). The van der Waals surface area contributed by atoms with Crippen LogP contribution in [0.2, 0.25) is 0 Å². The fourth-order valence-corrected chi connectivity index (χ4v) is 2.08. The molecule has 5 heteroatoms. The summed E-state index contributed by atoms with van der Waals surface area (Å²) in [5, 5.41) is 2.78. The first-order valence-corrected chi connectivity index (χ1v) is 6.71. The maximum Gasteiger partial charge on any atom is 0.229 e. The Hall–Kier alpha value is -2.17. The molecule has 1 aliphatic rings. The predicted molar refractivity (Wildman–Crippen MR) is 73.6 cm³/mol. The molecular formula is C15H18N2O3. The van der Waals surface area contributed by atoms with E-state index in [9.17, 15) is 14.4 Å². The summed E-state index contributed by atoms with van der Waals surface area (Å²) in [5.41, 5.74) is 2.20. The predicted octanol–water partition coefficient (Wildman–Crippen LogP) is 1.15. The lowest BCUT2D eigenvalue weighted by atomic mass is 10.1. The molecule has 0 atom stereocenters. The summed E-state index contributed by atoms with van der Waals surface area (Å²) in [6.07, 6.45) is 0.691. The van der Waals surface area contributed by atoms with Crippen LogP contribution in [0.1, 0.15) is 30.4 Å². The summed E-state index contributed by atoms with van der Waals surface area (Å²) in [7, 11) is 0. The van der Waals surface area contributed by atoms with E-state index in [0.717, 1.165) is 5.56 Å². The van der Waals surface area contributed by atoms with Crippen LogP contribution in [-0.4, -0.2) is 29.2 Å². The molecule has 0 radical (unpaired) electrons. The van der Waals surface area contributed by atoms with E-state index in [0.29, 0.717) is 6.54 Å². The van der Waals surface area contributed by atoms with Gasteiger partial charge < -0.3 is 5.32 Å². The van der Waals surface area contributed by atoms with Gasteiger partial charge in [0.2, 0.25) is 17.7 Å². The average molecular weight is 274 g/mol. The minimum absolute atomic E-state index is 0.155. The van der Waals surface area contributed by atoms with Crippen LogP contribution in [0.25, 0.3) is 0 Å². The fraction of sp³-hybridized carbons (Fsp3) is 0.400. The van der Waals surface area contributed by atoms with Crippen LogP contribution in [0.15, 0.2) is 24.3 Å². The van der Waals surface area contributed by atoms with Gasteiger partial charge in [0.1, 0.15) is 0 Å². The number of likely N-dealkylation sites (tertiary alicyclic amines) is 1. The molecule has 106 valence electrons. The fourth-order valence-electron chi connectivity index (χ4n) is 2.08. The largest absolute Gasteiger partial charge is 0.352 e. The highest BCUT2D eigenvalue weighted by Crippen LogP contribution is 2.11. The van der Waals surface area contributed by atoms with Crippen LogP contribution in [0.5, 0.6) is 0 Å². The number of carbonyl (C=O) groups excluding carboxylic acids is 3. The van der Waals surface area contributed by atoms with Gasteiger partial charge in [0.15, 0.2) is 0 Å². The van der Waals surface area contributed by atoms with E-state index in [1.54, 1.807) is 0 Å². The number of hydrogen-bond donors (Lipinski definition) is 1. The quantitative estimate of drug-likeness (QED) is 0.819. The molecule has 1 fully saturated rings. The van der Waals surface area contributed by atoms with Crippen molar-refractivity contribution in [2.75, 3.05) is 6.54 Å². The molecule has 0 aromatic heterocycles. The third-order valence-corrected chi connectivity index (χ3v) is 3.33. The van der Waals surface area contributed by atoms with E-state index in [1.807, 2.05) is 31.2 Å². The van der Waals surface area contributed by atoms with Crippen LogP contribution in [-0.2, 0) is 20.9 Å². The Labute approximate surface area is 118 Å². The van der Waals surface area contributed by atoms with Crippen molar-refractivity contribution in [3.05, 3.63) is 35.4 Å². The van der Waals surface area contributed by atoms with Gasteiger partial charge in [0, 0.05) is 32.4 Å². The van der Waals surface area contributed by atoms with Crippen molar-refractivity contribution >= 4 is 17.7 Å². The summed E-state index contributed by atoms with van der Waals surface area (Å²) < 4.78 is 0. The second kappa shape index (κ2) is 6.32. The zero-order valence-corrected chi connectivity index (χ0v) is 11.5. The minimum Gasteiger partial charge on any atom is -0.352 e. The third kappa shape index (κ3) is 3.66. The number of amides is 3. The summed E-state index contributed by atoms with van der Waals surface area (Å²) in [6, 6.07) is 7.90. The smallest absolute Gasteiger partial charge is 0.229 e. The van der Waals surface area contributed by atoms with E-state index >= 15 is 0 Å². The van der Waals surface area contributed by atoms with Gasteiger partial charge in [-0.1, -0.05) is 29.8 Å². The average Bonchev–Trinajstić information content (AvgIpc) is 2.75. The highest BCUT2D eigenvalue weighted by Gasteiger charge is 2.28. The summed E-state index contributed by atoms with van der Waals surface area (Å²) in [5.74, 6) is -0.513. The molecule has 0 unspecified atom stereocenters. The molecule has 1 aromatic carbocycles. The number of hydrogen-bond acceptors (Lipinski definition) is 3. The molecule has 3 amide bonds. The van der Waals surface area contributed by atoms with Crippen molar-refractivity contribution in [1.82, 2.24) is 10.2 Å². The van der Waals surface area contributed by atoms with Gasteiger partial charge in [-0.05, 0) is 12.5 Å². The Morgan fingerprint density at radius 1 is 1.15 bits per heavy atom. The molecule has 5 nitrogen and oxygen atoms in total. The zero-order valence-electron chi connectivity index (χ0n) is 11.5. The second-order valence-electron chi connectivity index (χ2n) is 4.95. The number of imide groups is 1. The topological polar surface area (TPSA) is 66.5 Å². The molecule has 1 heterocycles. The van der Waals surface area contributed by atoms with Crippen molar-refractivity contribution in [1.29, 1.82) is 0 Å². The molecule has 1 N–H and O–H groups in total. The number of benzene rings is 1. The van der Waals surface area contributed by atoms with Crippen LogP contribution >= 0.6 is 0 Å². The summed E-state index contributed by atoms with van der Waals surface area (Å²) >= 11 is 0. The molecule has 0 bridgehead atoms. The normalized spacial score (nSPS) is 14.8. The number of rotatable bonds is 5. The van der Waals surface area contributed by atoms with Crippen molar-refractivity contribution in [3.8, 4) is 0 Å². The Morgan fingerprint density at radius 2 is 1.75 bits per heavy atom. The molecule has 0 spiro atoms. The van der Waals surface area contributed by atoms with Gasteiger partial charge in [-0.15, -0.1) is 0 Å². The van der Waals surface area contributed by atoms with Crippen molar-refractivity contribution in [2.24, 2.45) is 0 Å². The first kappa shape index (κ1) is 14.2. The van der Waals surface area contributed by atoms with E-state index in [4.69, 9.17) is 0 Å². The molecule has 1 saturated heterocycles. The van der Waals surface area contributed by atoms with Crippen LogP contribution < -0.4 is 5.32 Å². The Morgan fingerprint density at radius 3 is 2.35 bits per heavy atom. The lowest BCUT2D eigenvalue weighted by molar-refractivity contribution is -0.138. The number of nitrogens with zero attached hydrogens (tertiary/aromatic N) is 1. The lowest BCUT2D eigenvalue weighted by Gasteiger charge is -2.13. The van der Waals surface area contributed by atoms with Gasteiger partial charge in [-0.25, -0.2) is 0 Å². The maximum atomic E-state index is 11.7. The Bertz CT molecular complexity index is 506. The van der Waals surface area contributed by atoms with Gasteiger partial charge in [0.05, 0.1) is 0 Å². The van der Waals surface area contributed by atoms with Gasteiger partial charge in [-0.3, -0.25) is 19.3 Å². The Kier molecular flexibility index (Phi) is 4.50. The molecular weight excluding hydrogens is 256 g/mol. The third-order valence-electron chi connectivity index (χ3n) is 3.33. The van der Waals surface area contributed by atoms with E-state index in [1.165, 1.54) is 10.5 Å². The highest BCUT2D eigenvalue weighted by molar-refractivity contribution is 6.02. The van der Waals surface area contributed by atoms with Gasteiger partial charge >= 0.3 is 0 Å². The lowest BCUT2D eigenvalue weighted by Crippen LogP contribution is -2.34. The molecule has 20 heavy (non-hydrogen) atoms. The van der Waals surface area contributed by atoms with Gasteiger partial charge in [-0.2, -0.15) is 0 Å². The molecule has 0 saturated carbocycles. The summed E-state index contributed by atoms with van der Waals surface area (Å²) in [4.78, 5) is 35.6. The first-order valence-electron chi connectivity index (χ1n) is 6.71. The Balaban J connectivity index is 1.74. The summed E-state index contributed by atoms with van der Waals surface area (Å²) in [6.45, 7) is 2.64. The van der Waals surface area contributed by atoms with Crippen LogP contribution in [0.4, 0.5) is 0 Å². The first-order chi connectivity index (χ1) is 9.56. The second-order valence-corrected chi connectivity index (χ2v) is 4.95. The molecule has 0 aliphatic carbocycles. The van der Waals surface area contributed by atoms with Crippen molar-refractivity contribution < 1.29 is 14.4 Å². The maximum absolute atomic E-state index is 11.7. The van der Waals surface area contributed by atoms with E-state index < -0.39 is 0 Å². The number of carbonyl (C=O) groups is 3. The zero-order chi connectivity index (χ0) is 14.5. The molecule has 1 aromatic rings. The van der Waals surface area contributed by atoms with Gasteiger partial charge in [0.25, 0.3) is 0 Å². The monoisotopic (exact) mass is 274 g/mol. The minimum atomic E-state index is -0.179. The van der Waals surface area contributed by atoms with E-state index in [2.05, 4.69) is 5.32 Å². The van der Waals surface area contributed by atoms with Crippen LogP contribution in [0.3, 0.4) is 0 Å². The number of nitrogens with one attached hydrogen (secondary N) is 1. The van der Waals surface area contributed by atoms with Crippen LogP contribution in [0, 0.1) is 6.92 Å². The molecule has 1 aliphatic heterocycles. The molecule has 2 rings (SSSR count).